The number of primary amides is 1. The molecule has 0 spiro atoms. The van der Waals surface area contributed by atoms with Crippen LogP contribution in [0.25, 0.3) is 0 Å². The van der Waals surface area contributed by atoms with Gasteiger partial charge < -0.3 is 38.4 Å². The number of rotatable bonds is 12. The number of anilines is 1. The summed E-state index contributed by atoms with van der Waals surface area (Å²) in [5.74, 6) is 3.78. The lowest BCUT2D eigenvalue weighted by Crippen LogP contribution is -2.33. The smallest absolute Gasteiger partial charge is 0.251 e. The molecule has 0 aliphatic rings. The van der Waals surface area contributed by atoms with E-state index in [4.69, 9.17) is 22.4 Å². The van der Waals surface area contributed by atoms with E-state index in [1.807, 2.05) is 0 Å². The molecule has 0 saturated carbocycles. The number of aliphatic hydroxyl groups excluding tert-OH is 1. The number of benzene rings is 1. The van der Waals surface area contributed by atoms with Crippen molar-refractivity contribution in [2.75, 3.05) is 25.0 Å². The maximum absolute atomic E-state index is 12.2. The third-order valence-electron chi connectivity index (χ3n) is 3.86. The highest BCUT2D eigenvalue weighted by molar-refractivity contribution is 6.00. The van der Waals surface area contributed by atoms with Crippen molar-refractivity contribution >= 4 is 35.0 Å². The highest BCUT2D eigenvalue weighted by atomic mass is 16.2. The maximum atomic E-state index is 12.2. The minimum absolute atomic E-state index is 0.0548. The molecule has 10 N–H and O–H groups in total. The number of carbonyl (C=O) groups is 3. The summed E-state index contributed by atoms with van der Waals surface area (Å²) in [7, 11) is 0. The van der Waals surface area contributed by atoms with Crippen molar-refractivity contribution in [1.82, 2.24) is 10.6 Å². The van der Waals surface area contributed by atoms with Crippen LogP contribution in [0.1, 0.15) is 30.1 Å². The van der Waals surface area contributed by atoms with Gasteiger partial charge in [0.25, 0.3) is 5.91 Å². The molecule has 0 fully saturated rings. The van der Waals surface area contributed by atoms with Crippen LogP contribution in [0, 0.1) is 0 Å². The van der Waals surface area contributed by atoms with Gasteiger partial charge in [0.1, 0.15) is 12.0 Å². The summed E-state index contributed by atoms with van der Waals surface area (Å²) in [5.41, 5.74) is 12.3. The van der Waals surface area contributed by atoms with Gasteiger partial charge in [-0.05, 0) is 37.6 Å². The van der Waals surface area contributed by atoms with Gasteiger partial charge in [0.05, 0.1) is 13.1 Å². The van der Waals surface area contributed by atoms with Crippen LogP contribution >= 0.6 is 0 Å². The van der Waals surface area contributed by atoms with E-state index in [1.54, 1.807) is 31.2 Å². The molecule has 1 rings (SSSR count). The first-order valence-corrected chi connectivity index (χ1v) is 9.36. The second kappa shape index (κ2) is 13.2. The Morgan fingerprint density at radius 1 is 1.10 bits per heavy atom. The Morgan fingerprint density at radius 3 is 2.35 bits per heavy atom. The van der Waals surface area contributed by atoms with E-state index < -0.39 is 5.91 Å². The number of hydrogen-bond acceptors (Lipinski definition) is 8. The van der Waals surface area contributed by atoms with E-state index >= 15 is 0 Å². The lowest BCUT2D eigenvalue weighted by atomic mass is 10.2. The molecule has 0 aliphatic carbocycles. The minimum atomic E-state index is -0.612. The van der Waals surface area contributed by atoms with Crippen LogP contribution in [0.5, 0.6) is 0 Å². The van der Waals surface area contributed by atoms with Crippen LogP contribution in [0.2, 0.25) is 0 Å². The second-order valence-corrected chi connectivity index (χ2v) is 6.41. The monoisotopic (exact) mass is 432 g/mol. The summed E-state index contributed by atoms with van der Waals surface area (Å²) >= 11 is 0. The lowest BCUT2D eigenvalue weighted by molar-refractivity contribution is -0.124. The fraction of sp³-hybridized carbons (Fsp3) is 0.316. The van der Waals surface area contributed by atoms with E-state index in [0.717, 1.165) is 11.9 Å². The Hall–Kier alpha value is -4.09. The van der Waals surface area contributed by atoms with E-state index in [2.05, 4.69) is 26.0 Å². The molecule has 1 aromatic carbocycles. The van der Waals surface area contributed by atoms with Crippen molar-refractivity contribution in [2.45, 2.75) is 19.8 Å². The van der Waals surface area contributed by atoms with Crippen molar-refractivity contribution in [3.05, 3.63) is 41.8 Å². The first-order valence-electron chi connectivity index (χ1n) is 9.36. The van der Waals surface area contributed by atoms with E-state index in [0.29, 0.717) is 30.8 Å². The average molecular weight is 432 g/mol. The highest BCUT2D eigenvalue weighted by Crippen LogP contribution is 2.09. The molecule has 0 unspecified atom stereocenters. The van der Waals surface area contributed by atoms with E-state index in [1.165, 1.54) is 0 Å². The third-order valence-corrected chi connectivity index (χ3v) is 3.86. The quantitative estimate of drug-likeness (QED) is 0.0563. The van der Waals surface area contributed by atoms with Crippen LogP contribution in [0.3, 0.4) is 0 Å². The molecular formula is C19H28N8O4. The van der Waals surface area contributed by atoms with Crippen molar-refractivity contribution in [3.63, 3.8) is 0 Å². The number of aliphatic imine (C=N–C) groups is 1. The standard InChI is InChI=1S/C19H28N8O4/c1-12(26-15(11-28)18(21)27-22)9-24-14-6-4-13(5-7-14)19(31)23-8-2-3-17(30)25-10-16(20)29/h4-7,11,24,28H,2-3,8-10,22H2,1H3,(H2,20,29)(H2,21,27)(H,23,31)(H,25,30). The Labute approximate surface area is 179 Å². The van der Waals surface area contributed by atoms with Crippen LogP contribution < -0.4 is 33.3 Å². The number of carbonyl (C=O) groups excluding carboxylic acids is 3. The molecule has 0 saturated heterocycles. The zero-order valence-electron chi connectivity index (χ0n) is 17.2. The summed E-state index contributed by atoms with van der Waals surface area (Å²) < 4.78 is 0. The summed E-state index contributed by atoms with van der Waals surface area (Å²) in [6.45, 7) is 2.20. The number of nitrogens with zero attached hydrogens (tertiary/aromatic N) is 2. The minimum Gasteiger partial charge on any atom is -0.513 e. The molecule has 3 amide bonds. The molecule has 0 radical (unpaired) electrons. The van der Waals surface area contributed by atoms with Gasteiger partial charge in [-0.25, -0.2) is 4.99 Å². The van der Waals surface area contributed by atoms with Gasteiger partial charge in [-0.15, -0.1) is 0 Å². The molecule has 1 aromatic rings. The summed E-state index contributed by atoms with van der Waals surface area (Å²) in [6, 6.07) is 6.78. The number of hydrazone groups is 1. The van der Waals surface area contributed by atoms with Gasteiger partial charge in [0.15, 0.2) is 5.84 Å². The van der Waals surface area contributed by atoms with Gasteiger partial charge in [0, 0.05) is 29.9 Å². The number of nitrogens with one attached hydrogen (secondary N) is 3. The van der Waals surface area contributed by atoms with Gasteiger partial charge in [-0.3, -0.25) is 14.4 Å². The number of amides is 3. The predicted molar refractivity (Wildman–Crippen MR) is 118 cm³/mol. The Balaban J connectivity index is 2.44. The molecule has 12 heteroatoms. The molecule has 0 atom stereocenters. The normalized spacial score (nSPS) is 12.2. The van der Waals surface area contributed by atoms with Gasteiger partial charge in [0.2, 0.25) is 11.8 Å². The van der Waals surface area contributed by atoms with Gasteiger partial charge in [-0.2, -0.15) is 5.10 Å². The van der Waals surface area contributed by atoms with Gasteiger partial charge in [-0.1, -0.05) is 0 Å². The van der Waals surface area contributed by atoms with E-state index in [-0.39, 0.29) is 36.3 Å². The predicted octanol–water partition coefficient (Wildman–Crippen LogP) is -0.699. The van der Waals surface area contributed by atoms with Crippen LogP contribution in [0.4, 0.5) is 5.69 Å². The Bertz CT molecular complexity index is 862. The van der Waals surface area contributed by atoms with Crippen molar-refractivity contribution in [1.29, 1.82) is 0 Å². The zero-order valence-corrected chi connectivity index (χ0v) is 17.2. The molecule has 0 aromatic heterocycles. The van der Waals surface area contributed by atoms with Crippen molar-refractivity contribution in [3.8, 4) is 0 Å². The highest BCUT2D eigenvalue weighted by Gasteiger charge is 2.07. The summed E-state index contributed by atoms with van der Waals surface area (Å²) in [6.07, 6.45) is 1.32. The van der Waals surface area contributed by atoms with Gasteiger partial charge >= 0.3 is 0 Å². The summed E-state index contributed by atoms with van der Waals surface area (Å²) in [4.78, 5) is 38.3. The first-order chi connectivity index (χ1) is 14.8. The van der Waals surface area contributed by atoms with Crippen molar-refractivity contribution < 1.29 is 19.5 Å². The molecule has 0 heterocycles. The molecular weight excluding hydrogens is 404 g/mol. The van der Waals surface area contributed by atoms with Crippen LogP contribution in [-0.2, 0) is 9.59 Å². The average Bonchev–Trinajstić information content (AvgIpc) is 2.77. The molecule has 12 nitrogen and oxygen atoms in total. The third kappa shape index (κ3) is 9.78. The van der Waals surface area contributed by atoms with E-state index in [9.17, 15) is 14.4 Å². The van der Waals surface area contributed by atoms with Crippen LogP contribution in [0.15, 0.2) is 46.3 Å². The lowest BCUT2D eigenvalue weighted by Gasteiger charge is -2.09. The fourth-order valence-electron chi connectivity index (χ4n) is 2.26. The molecule has 168 valence electrons. The summed E-state index contributed by atoms with van der Waals surface area (Å²) in [5, 5.41) is 20.6. The molecule has 0 bridgehead atoms. The van der Waals surface area contributed by atoms with Crippen LogP contribution in [-0.4, -0.2) is 54.0 Å². The SMILES string of the molecule is CC(CNc1ccc(C(=O)NCCCC(=O)NCC(N)=O)cc1)=NC(=CO)C(N)=NN. The molecule has 0 aliphatic heterocycles. The number of amidine groups is 1. The second-order valence-electron chi connectivity index (χ2n) is 6.41. The molecule has 31 heavy (non-hydrogen) atoms. The number of aliphatic hydroxyl groups is 1. The Morgan fingerprint density at radius 2 is 1.77 bits per heavy atom. The Kier molecular flexibility index (Phi) is 10.6. The van der Waals surface area contributed by atoms with Crippen molar-refractivity contribution in [2.24, 2.45) is 27.4 Å². The number of hydrogen-bond donors (Lipinski definition) is 7. The topological polar surface area (TPSA) is 210 Å². The number of nitrogens with two attached hydrogens (primary N) is 3. The fourth-order valence-corrected chi connectivity index (χ4v) is 2.26. The zero-order chi connectivity index (χ0) is 23.2. The maximum Gasteiger partial charge on any atom is 0.251 e. The first kappa shape index (κ1) is 24.9. The largest absolute Gasteiger partial charge is 0.513 e.